The van der Waals surface area contributed by atoms with Crippen molar-refractivity contribution in [1.82, 2.24) is 5.32 Å². The van der Waals surface area contributed by atoms with E-state index < -0.39 is 6.29 Å². The molecule has 1 aromatic rings. The number of ketones is 1. The number of hydrogen-bond acceptors (Lipinski definition) is 4. The highest BCUT2D eigenvalue weighted by atomic mass is 16.7. The maximum atomic E-state index is 11.7. The summed E-state index contributed by atoms with van der Waals surface area (Å²) in [6.07, 6.45) is -0.131. The highest BCUT2D eigenvalue weighted by Crippen LogP contribution is 2.09. The maximum Gasteiger partial charge on any atom is 0.227 e. The average molecular weight is 279 g/mol. The molecule has 5 nitrogen and oxygen atoms in total. The lowest BCUT2D eigenvalue weighted by Gasteiger charge is -2.25. The molecule has 1 N–H and O–H groups in total. The Morgan fingerprint density at radius 3 is 2.25 bits per heavy atom. The Hall–Kier alpha value is -1.72. The number of benzene rings is 1. The molecule has 0 bridgehead atoms. The minimum absolute atomic E-state index is 0.133. The van der Waals surface area contributed by atoms with Crippen molar-refractivity contribution >= 4 is 11.7 Å². The zero-order chi connectivity index (χ0) is 15.0. The highest BCUT2D eigenvalue weighted by Gasteiger charge is 2.23. The standard InChI is InChI=1S/C15H21NO4/c1-11(17)9-14(18)16-13(15(19-2)20-3)10-12-7-5-4-6-8-12/h4-8,13,15H,9-10H2,1-3H3,(H,16,18)/t13-/m1/s1. The van der Waals surface area contributed by atoms with Gasteiger partial charge in [0.15, 0.2) is 6.29 Å². The van der Waals surface area contributed by atoms with Crippen LogP contribution in [0.15, 0.2) is 30.3 Å². The van der Waals surface area contributed by atoms with Crippen molar-refractivity contribution in [1.29, 1.82) is 0 Å². The van der Waals surface area contributed by atoms with Crippen LogP contribution < -0.4 is 5.32 Å². The van der Waals surface area contributed by atoms with Gasteiger partial charge in [0.25, 0.3) is 0 Å². The third kappa shape index (κ3) is 5.50. The van der Waals surface area contributed by atoms with Crippen molar-refractivity contribution in [3.63, 3.8) is 0 Å². The molecule has 20 heavy (non-hydrogen) atoms. The summed E-state index contributed by atoms with van der Waals surface area (Å²) in [5, 5.41) is 2.79. The second-order valence-electron chi connectivity index (χ2n) is 4.58. The molecule has 0 radical (unpaired) electrons. The third-order valence-corrected chi connectivity index (χ3v) is 2.85. The zero-order valence-corrected chi connectivity index (χ0v) is 12.1. The fourth-order valence-electron chi connectivity index (χ4n) is 1.99. The van der Waals surface area contributed by atoms with E-state index in [2.05, 4.69) is 5.32 Å². The van der Waals surface area contributed by atoms with Crippen molar-refractivity contribution in [2.24, 2.45) is 0 Å². The number of nitrogens with one attached hydrogen (secondary N) is 1. The van der Waals surface area contributed by atoms with Gasteiger partial charge in [0, 0.05) is 14.2 Å². The van der Waals surface area contributed by atoms with E-state index in [4.69, 9.17) is 9.47 Å². The highest BCUT2D eigenvalue weighted by molar-refractivity contribution is 5.96. The summed E-state index contributed by atoms with van der Waals surface area (Å²) >= 11 is 0. The zero-order valence-electron chi connectivity index (χ0n) is 12.1. The number of ether oxygens (including phenoxy) is 2. The van der Waals surface area contributed by atoms with Crippen LogP contribution in [-0.2, 0) is 25.5 Å². The minimum atomic E-state index is -0.564. The van der Waals surface area contributed by atoms with Gasteiger partial charge in [-0.1, -0.05) is 30.3 Å². The SMILES string of the molecule is COC(OC)[C@@H](Cc1ccccc1)NC(=O)CC(C)=O. The Labute approximate surface area is 119 Å². The first-order chi connectivity index (χ1) is 9.56. The molecule has 5 heteroatoms. The quantitative estimate of drug-likeness (QED) is 0.575. The maximum absolute atomic E-state index is 11.7. The molecule has 0 unspecified atom stereocenters. The lowest BCUT2D eigenvalue weighted by atomic mass is 10.1. The predicted molar refractivity (Wildman–Crippen MR) is 75.2 cm³/mol. The molecule has 0 saturated heterocycles. The Kier molecular flexibility index (Phi) is 6.90. The van der Waals surface area contributed by atoms with Crippen LogP contribution in [0.2, 0.25) is 0 Å². The molecule has 1 amide bonds. The van der Waals surface area contributed by atoms with Gasteiger partial charge in [0.1, 0.15) is 5.78 Å². The van der Waals surface area contributed by atoms with Gasteiger partial charge in [-0.05, 0) is 18.9 Å². The molecule has 0 aliphatic heterocycles. The first kappa shape index (κ1) is 16.3. The molecular weight excluding hydrogens is 258 g/mol. The van der Waals surface area contributed by atoms with Crippen LogP contribution in [0.25, 0.3) is 0 Å². The van der Waals surface area contributed by atoms with Crippen LogP contribution in [0.5, 0.6) is 0 Å². The number of Topliss-reactive ketones (excluding diaryl/α,β-unsaturated/α-hetero) is 1. The van der Waals surface area contributed by atoms with Gasteiger partial charge in [-0.25, -0.2) is 0 Å². The van der Waals surface area contributed by atoms with Gasteiger partial charge >= 0.3 is 0 Å². The number of methoxy groups -OCH3 is 2. The predicted octanol–water partition coefficient (Wildman–Crippen LogP) is 1.31. The lowest BCUT2D eigenvalue weighted by molar-refractivity contribution is -0.139. The van der Waals surface area contributed by atoms with Crippen LogP contribution in [0.4, 0.5) is 0 Å². The molecule has 110 valence electrons. The van der Waals surface area contributed by atoms with Crippen LogP contribution in [0.3, 0.4) is 0 Å². The summed E-state index contributed by atoms with van der Waals surface area (Å²) in [7, 11) is 3.03. The van der Waals surface area contributed by atoms with Gasteiger partial charge in [-0.15, -0.1) is 0 Å². The van der Waals surface area contributed by atoms with Crippen LogP contribution in [-0.4, -0.2) is 38.2 Å². The molecule has 0 saturated carbocycles. The number of amides is 1. The van der Waals surface area contributed by atoms with Crippen LogP contribution in [0.1, 0.15) is 18.9 Å². The summed E-state index contributed by atoms with van der Waals surface area (Å²) in [5.74, 6) is -0.495. The topological polar surface area (TPSA) is 64.6 Å². The van der Waals surface area contributed by atoms with Crippen molar-refractivity contribution in [2.45, 2.75) is 32.1 Å². The van der Waals surface area contributed by atoms with Gasteiger partial charge in [0.2, 0.25) is 5.91 Å². The van der Waals surface area contributed by atoms with Gasteiger partial charge in [-0.2, -0.15) is 0 Å². The monoisotopic (exact) mass is 279 g/mol. The Bertz CT molecular complexity index is 429. The largest absolute Gasteiger partial charge is 0.354 e. The molecule has 1 atom stereocenters. The van der Waals surface area contributed by atoms with E-state index in [1.165, 1.54) is 21.1 Å². The summed E-state index contributed by atoms with van der Waals surface area (Å²) < 4.78 is 10.4. The van der Waals surface area contributed by atoms with E-state index in [0.29, 0.717) is 6.42 Å². The van der Waals surface area contributed by atoms with Gasteiger partial charge < -0.3 is 14.8 Å². The van der Waals surface area contributed by atoms with E-state index in [1.807, 2.05) is 30.3 Å². The molecule has 0 aromatic heterocycles. The van der Waals surface area contributed by atoms with E-state index in [1.54, 1.807) is 0 Å². The Morgan fingerprint density at radius 2 is 1.75 bits per heavy atom. The normalized spacial score (nSPS) is 12.2. The van der Waals surface area contributed by atoms with Crippen molar-refractivity contribution in [2.75, 3.05) is 14.2 Å². The van der Waals surface area contributed by atoms with E-state index in [0.717, 1.165) is 5.56 Å². The summed E-state index contributed by atoms with van der Waals surface area (Å²) in [6.45, 7) is 1.38. The summed E-state index contributed by atoms with van der Waals surface area (Å²) in [4.78, 5) is 22.7. The number of carbonyl (C=O) groups is 2. The fraction of sp³-hybridized carbons (Fsp3) is 0.467. The van der Waals surface area contributed by atoms with Crippen LogP contribution in [0, 0.1) is 0 Å². The molecular formula is C15H21NO4. The molecule has 0 aliphatic carbocycles. The van der Waals surface area contributed by atoms with Crippen molar-refractivity contribution < 1.29 is 19.1 Å². The second-order valence-corrected chi connectivity index (χ2v) is 4.58. The summed E-state index contributed by atoms with van der Waals surface area (Å²) in [5.41, 5.74) is 1.06. The number of carbonyl (C=O) groups excluding carboxylic acids is 2. The molecule has 0 spiro atoms. The third-order valence-electron chi connectivity index (χ3n) is 2.85. The smallest absolute Gasteiger partial charge is 0.227 e. The van der Waals surface area contributed by atoms with Crippen molar-refractivity contribution in [3.8, 4) is 0 Å². The second kappa shape index (κ2) is 8.45. The first-order valence-corrected chi connectivity index (χ1v) is 6.45. The first-order valence-electron chi connectivity index (χ1n) is 6.45. The average Bonchev–Trinajstić information content (AvgIpc) is 2.40. The molecule has 0 heterocycles. The molecule has 0 fully saturated rings. The number of hydrogen-bond donors (Lipinski definition) is 1. The molecule has 0 aliphatic rings. The molecule has 1 aromatic carbocycles. The van der Waals surface area contributed by atoms with Gasteiger partial charge in [-0.3, -0.25) is 9.59 Å². The Morgan fingerprint density at radius 1 is 1.15 bits per heavy atom. The molecule has 1 rings (SSSR count). The fourth-order valence-corrected chi connectivity index (χ4v) is 1.99. The minimum Gasteiger partial charge on any atom is -0.354 e. The Balaban J connectivity index is 2.74. The van der Waals surface area contributed by atoms with E-state index in [9.17, 15) is 9.59 Å². The lowest BCUT2D eigenvalue weighted by Crippen LogP contribution is -2.46. The van der Waals surface area contributed by atoms with Crippen molar-refractivity contribution in [3.05, 3.63) is 35.9 Å². The van der Waals surface area contributed by atoms with E-state index >= 15 is 0 Å². The van der Waals surface area contributed by atoms with Crippen LogP contribution >= 0.6 is 0 Å². The summed E-state index contributed by atoms with van der Waals surface area (Å²) in [6, 6.07) is 9.37. The number of rotatable bonds is 8. The van der Waals surface area contributed by atoms with Gasteiger partial charge in [0.05, 0.1) is 12.5 Å². The van der Waals surface area contributed by atoms with E-state index in [-0.39, 0.29) is 24.2 Å².